The molecule has 1 unspecified atom stereocenters. The highest BCUT2D eigenvalue weighted by molar-refractivity contribution is 6.30. The molecule has 0 amide bonds. The summed E-state index contributed by atoms with van der Waals surface area (Å²) < 4.78 is 37.2. The van der Waals surface area contributed by atoms with E-state index in [1.165, 1.54) is 4.68 Å². The molecule has 1 rings (SSSR count). The molecule has 0 aliphatic rings. The number of hydrogen-bond donors (Lipinski definition) is 1. The standard InChI is InChI=1S/C10H14ClF3N2O/c1-6-8(9(11)16(2)15-6)7(17)4-3-5-10(12,13)14/h7,17H,3-5H2,1-2H3. The Labute approximate surface area is 102 Å². The Bertz CT molecular complexity index is 390. The van der Waals surface area contributed by atoms with Gasteiger partial charge in [0.2, 0.25) is 0 Å². The Morgan fingerprint density at radius 1 is 1.47 bits per heavy atom. The second-order valence-corrected chi connectivity index (χ2v) is 4.29. The predicted molar refractivity (Wildman–Crippen MR) is 57.8 cm³/mol. The van der Waals surface area contributed by atoms with Gasteiger partial charge in [-0.2, -0.15) is 18.3 Å². The van der Waals surface area contributed by atoms with Gasteiger partial charge in [-0.3, -0.25) is 4.68 Å². The van der Waals surface area contributed by atoms with Gasteiger partial charge < -0.3 is 5.11 Å². The van der Waals surface area contributed by atoms with Crippen LogP contribution in [0.15, 0.2) is 0 Å². The van der Waals surface area contributed by atoms with Gasteiger partial charge >= 0.3 is 6.18 Å². The monoisotopic (exact) mass is 270 g/mol. The molecule has 0 bridgehead atoms. The normalized spacial score (nSPS) is 14.1. The van der Waals surface area contributed by atoms with Crippen LogP contribution >= 0.6 is 11.6 Å². The third kappa shape index (κ3) is 3.89. The number of rotatable bonds is 4. The zero-order chi connectivity index (χ0) is 13.2. The molecule has 1 atom stereocenters. The molecule has 0 radical (unpaired) electrons. The molecule has 1 aromatic rings. The largest absolute Gasteiger partial charge is 0.389 e. The van der Waals surface area contributed by atoms with Crippen molar-refractivity contribution >= 4 is 11.6 Å². The SMILES string of the molecule is Cc1nn(C)c(Cl)c1C(O)CCCC(F)(F)F. The van der Waals surface area contributed by atoms with Crippen molar-refractivity contribution in [2.75, 3.05) is 0 Å². The topological polar surface area (TPSA) is 38.0 Å². The molecule has 98 valence electrons. The summed E-state index contributed by atoms with van der Waals surface area (Å²) in [7, 11) is 1.61. The first-order valence-corrected chi connectivity index (χ1v) is 5.54. The third-order valence-electron chi connectivity index (χ3n) is 2.47. The van der Waals surface area contributed by atoms with Gasteiger partial charge in [-0.05, 0) is 19.8 Å². The van der Waals surface area contributed by atoms with Crippen LogP contribution in [0.1, 0.15) is 36.6 Å². The van der Waals surface area contributed by atoms with Crippen molar-refractivity contribution < 1.29 is 18.3 Å². The molecule has 17 heavy (non-hydrogen) atoms. The molecule has 0 saturated heterocycles. The van der Waals surface area contributed by atoms with Crippen LogP contribution in [-0.4, -0.2) is 21.1 Å². The van der Waals surface area contributed by atoms with Crippen LogP contribution in [0.4, 0.5) is 13.2 Å². The van der Waals surface area contributed by atoms with E-state index >= 15 is 0 Å². The maximum Gasteiger partial charge on any atom is 0.389 e. The number of aryl methyl sites for hydroxylation is 2. The van der Waals surface area contributed by atoms with E-state index in [0.717, 1.165) is 0 Å². The van der Waals surface area contributed by atoms with Crippen molar-refractivity contribution in [3.8, 4) is 0 Å². The molecular formula is C10H14ClF3N2O. The van der Waals surface area contributed by atoms with Crippen molar-refractivity contribution in [1.82, 2.24) is 9.78 Å². The Morgan fingerprint density at radius 2 is 2.06 bits per heavy atom. The van der Waals surface area contributed by atoms with E-state index in [2.05, 4.69) is 5.10 Å². The summed E-state index contributed by atoms with van der Waals surface area (Å²) in [4.78, 5) is 0. The molecule has 1 aromatic heterocycles. The second-order valence-electron chi connectivity index (χ2n) is 3.94. The molecule has 0 aliphatic carbocycles. The average Bonchev–Trinajstić information content (AvgIpc) is 2.38. The van der Waals surface area contributed by atoms with Crippen LogP contribution in [0.2, 0.25) is 5.15 Å². The van der Waals surface area contributed by atoms with Crippen LogP contribution in [0, 0.1) is 6.92 Å². The first-order valence-electron chi connectivity index (χ1n) is 5.16. The molecule has 1 N–H and O–H groups in total. The fourth-order valence-corrected chi connectivity index (χ4v) is 1.97. The number of aromatic nitrogens is 2. The van der Waals surface area contributed by atoms with E-state index in [-0.39, 0.29) is 18.0 Å². The molecule has 1 heterocycles. The summed E-state index contributed by atoms with van der Waals surface area (Å²) in [5.41, 5.74) is 0.952. The highest BCUT2D eigenvalue weighted by atomic mass is 35.5. The summed E-state index contributed by atoms with van der Waals surface area (Å²) in [5.74, 6) is 0. The fourth-order valence-electron chi connectivity index (χ4n) is 1.67. The van der Waals surface area contributed by atoms with Crippen molar-refractivity contribution in [2.45, 2.75) is 38.5 Å². The summed E-state index contributed by atoms with van der Waals surface area (Å²) in [6.45, 7) is 1.66. The summed E-state index contributed by atoms with van der Waals surface area (Å²) in [5, 5.41) is 14.0. The molecule has 0 aliphatic heterocycles. The number of halogens is 4. The number of aliphatic hydroxyl groups excluding tert-OH is 1. The predicted octanol–water partition coefficient (Wildman–Crippen LogP) is 3.15. The highest BCUT2D eigenvalue weighted by Gasteiger charge is 2.27. The van der Waals surface area contributed by atoms with Crippen LogP contribution in [-0.2, 0) is 7.05 Å². The Hall–Kier alpha value is -0.750. The zero-order valence-corrected chi connectivity index (χ0v) is 10.3. The van der Waals surface area contributed by atoms with Gasteiger partial charge in [-0.1, -0.05) is 11.6 Å². The number of nitrogens with zero attached hydrogens (tertiary/aromatic N) is 2. The molecule has 0 aromatic carbocycles. The van der Waals surface area contributed by atoms with E-state index in [9.17, 15) is 18.3 Å². The number of alkyl halides is 3. The van der Waals surface area contributed by atoms with Gasteiger partial charge in [0, 0.05) is 19.0 Å². The van der Waals surface area contributed by atoms with Crippen LogP contribution < -0.4 is 0 Å². The average molecular weight is 271 g/mol. The molecule has 3 nitrogen and oxygen atoms in total. The van der Waals surface area contributed by atoms with Crippen LogP contribution in [0.5, 0.6) is 0 Å². The first kappa shape index (κ1) is 14.3. The van der Waals surface area contributed by atoms with E-state index < -0.39 is 18.7 Å². The fraction of sp³-hybridized carbons (Fsp3) is 0.700. The smallest absolute Gasteiger partial charge is 0.388 e. The van der Waals surface area contributed by atoms with Gasteiger partial charge in [0.25, 0.3) is 0 Å². The Kier molecular flexibility index (Phi) is 4.43. The van der Waals surface area contributed by atoms with Crippen molar-refractivity contribution in [2.24, 2.45) is 7.05 Å². The number of hydrogen-bond acceptors (Lipinski definition) is 2. The minimum atomic E-state index is -4.19. The second kappa shape index (κ2) is 5.27. The van der Waals surface area contributed by atoms with Gasteiger partial charge in [0.15, 0.2) is 0 Å². The van der Waals surface area contributed by atoms with E-state index in [1.54, 1.807) is 14.0 Å². The lowest BCUT2D eigenvalue weighted by molar-refractivity contribution is -0.136. The minimum Gasteiger partial charge on any atom is -0.388 e. The Morgan fingerprint density at radius 3 is 2.47 bits per heavy atom. The van der Waals surface area contributed by atoms with Crippen LogP contribution in [0.25, 0.3) is 0 Å². The maximum absolute atomic E-state index is 11.9. The first-order chi connectivity index (χ1) is 7.72. The number of aliphatic hydroxyl groups is 1. The van der Waals surface area contributed by atoms with Crippen molar-refractivity contribution in [3.05, 3.63) is 16.4 Å². The lowest BCUT2D eigenvalue weighted by atomic mass is 10.0. The quantitative estimate of drug-likeness (QED) is 0.913. The lowest BCUT2D eigenvalue weighted by Gasteiger charge is -2.11. The van der Waals surface area contributed by atoms with Gasteiger partial charge in [0.1, 0.15) is 5.15 Å². The van der Waals surface area contributed by atoms with Crippen molar-refractivity contribution in [3.63, 3.8) is 0 Å². The molecular weight excluding hydrogens is 257 g/mol. The third-order valence-corrected chi connectivity index (χ3v) is 2.92. The lowest BCUT2D eigenvalue weighted by Crippen LogP contribution is -2.08. The zero-order valence-electron chi connectivity index (χ0n) is 9.55. The maximum atomic E-state index is 11.9. The van der Waals surface area contributed by atoms with Gasteiger partial charge in [-0.25, -0.2) is 0 Å². The summed E-state index contributed by atoms with van der Waals surface area (Å²) >= 11 is 5.90. The van der Waals surface area contributed by atoms with E-state index in [4.69, 9.17) is 11.6 Å². The molecule has 0 saturated carbocycles. The van der Waals surface area contributed by atoms with E-state index in [0.29, 0.717) is 11.3 Å². The van der Waals surface area contributed by atoms with Crippen molar-refractivity contribution in [1.29, 1.82) is 0 Å². The summed E-state index contributed by atoms with van der Waals surface area (Å²) in [6.07, 6.45) is -6.20. The van der Waals surface area contributed by atoms with E-state index in [1.807, 2.05) is 0 Å². The molecule has 0 spiro atoms. The van der Waals surface area contributed by atoms with Crippen LogP contribution in [0.3, 0.4) is 0 Å². The molecule has 7 heteroatoms. The minimum absolute atomic E-state index is 0.0196. The molecule has 0 fully saturated rings. The van der Waals surface area contributed by atoms with Gasteiger partial charge in [0.05, 0.1) is 11.8 Å². The highest BCUT2D eigenvalue weighted by Crippen LogP contribution is 2.31. The van der Waals surface area contributed by atoms with Gasteiger partial charge in [-0.15, -0.1) is 0 Å². The Balaban J connectivity index is 2.61. The summed E-state index contributed by atoms with van der Waals surface area (Å²) in [6, 6.07) is 0.